The summed E-state index contributed by atoms with van der Waals surface area (Å²) in [6.07, 6.45) is 0.757. The summed E-state index contributed by atoms with van der Waals surface area (Å²) in [6.45, 7) is 0.946. The van der Waals surface area contributed by atoms with Crippen LogP contribution in [-0.4, -0.2) is 37.2 Å². The first-order valence-corrected chi connectivity index (χ1v) is 4.23. The molecule has 0 fully saturated rings. The number of hydrogen-bond acceptors (Lipinski definition) is 5. The average Bonchev–Trinajstić information content (AvgIpc) is 2.32. The van der Waals surface area contributed by atoms with Gasteiger partial charge in [0.05, 0.1) is 34.1 Å². The van der Waals surface area contributed by atoms with Crippen LogP contribution < -0.4 is 12.4 Å². The molecule has 0 spiro atoms. The Morgan fingerprint density at radius 1 is 1.15 bits per heavy atom. The monoisotopic (exact) mass is 223 g/mol. The normalized spacial score (nSPS) is 18.8. The number of halogens is 1. The zero-order chi connectivity index (χ0) is 9.24. The molecular formula is C6H14ClN5S. The van der Waals surface area contributed by atoms with Crippen molar-refractivity contribution in [2.75, 3.05) is 27.7 Å². The minimum absolute atomic E-state index is 0. The first-order chi connectivity index (χ1) is 5.41. The molecule has 0 aromatic rings. The maximum absolute atomic E-state index is 4.26. The molecule has 1 heterocycles. The highest BCUT2D eigenvalue weighted by molar-refractivity contribution is 7.81. The van der Waals surface area contributed by atoms with Crippen LogP contribution in [0.25, 0.3) is 0 Å². The molecule has 1 aliphatic rings. The van der Waals surface area contributed by atoms with Crippen LogP contribution in [0.15, 0.2) is 20.7 Å². The van der Waals surface area contributed by atoms with Crippen molar-refractivity contribution in [2.45, 2.75) is 11.4 Å². The third-order valence-electron chi connectivity index (χ3n) is 1.57. The molecule has 13 heavy (non-hydrogen) atoms. The second-order valence-electron chi connectivity index (χ2n) is 3.92. The highest BCUT2D eigenvalue weighted by Gasteiger charge is 2.30. The van der Waals surface area contributed by atoms with Gasteiger partial charge in [-0.15, -0.1) is 22.9 Å². The molecule has 1 rings (SSSR count). The molecule has 5 nitrogen and oxygen atoms in total. The van der Waals surface area contributed by atoms with E-state index in [9.17, 15) is 0 Å². The SMILES string of the molecule is C[N+](C)(C)CCC1(S)N=NN=N1.[Cl-]. The summed E-state index contributed by atoms with van der Waals surface area (Å²) >= 11 is 4.26. The molecule has 0 bridgehead atoms. The lowest BCUT2D eigenvalue weighted by Crippen LogP contribution is -3.00. The molecule has 0 aliphatic carbocycles. The van der Waals surface area contributed by atoms with E-state index in [0.29, 0.717) is 0 Å². The van der Waals surface area contributed by atoms with Gasteiger partial charge in [0.25, 0.3) is 0 Å². The summed E-state index contributed by atoms with van der Waals surface area (Å²) in [5, 5.41) is 14.5. The van der Waals surface area contributed by atoms with Crippen molar-refractivity contribution in [3.63, 3.8) is 0 Å². The predicted octanol–water partition coefficient (Wildman–Crippen LogP) is -1.50. The van der Waals surface area contributed by atoms with Crippen molar-refractivity contribution in [1.82, 2.24) is 0 Å². The van der Waals surface area contributed by atoms with Gasteiger partial charge in [-0.05, 0) is 10.4 Å². The Morgan fingerprint density at radius 3 is 2.00 bits per heavy atom. The Balaban J connectivity index is 0.00000144. The highest BCUT2D eigenvalue weighted by Crippen LogP contribution is 2.28. The quantitative estimate of drug-likeness (QED) is 0.448. The second kappa shape index (κ2) is 4.34. The predicted molar refractivity (Wildman–Crippen MR) is 48.9 cm³/mol. The van der Waals surface area contributed by atoms with Crippen LogP contribution in [0.3, 0.4) is 0 Å². The van der Waals surface area contributed by atoms with Gasteiger partial charge in [0.2, 0.25) is 4.99 Å². The zero-order valence-electron chi connectivity index (χ0n) is 7.98. The Morgan fingerprint density at radius 2 is 1.62 bits per heavy atom. The molecule has 0 atom stereocenters. The van der Waals surface area contributed by atoms with Crippen molar-refractivity contribution in [1.29, 1.82) is 0 Å². The van der Waals surface area contributed by atoms with Gasteiger partial charge in [-0.2, -0.15) is 0 Å². The summed E-state index contributed by atoms with van der Waals surface area (Å²) in [6, 6.07) is 0. The molecule has 0 radical (unpaired) electrons. The summed E-state index contributed by atoms with van der Waals surface area (Å²) < 4.78 is 0.868. The Hall–Kier alpha value is -0.200. The number of hydrogen-bond donors (Lipinski definition) is 1. The largest absolute Gasteiger partial charge is 1.00 e. The van der Waals surface area contributed by atoms with Gasteiger partial charge in [-0.25, -0.2) is 0 Å². The maximum Gasteiger partial charge on any atom is 0.243 e. The molecule has 1 aliphatic heterocycles. The van der Waals surface area contributed by atoms with E-state index >= 15 is 0 Å². The molecule has 7 heteroatoms. The lowest BCUT2D eigenvalue weighted by molar-refractivity contribution is -0.870. The molecular weight excluding hydrogens is 210 g/mol. The van der Waals surface area contributed by atoms with Gasteiger partial charge in [0.1, 0.15) is 0 Å². The molecule has 0 unspecified atom stereocenters. The van der Waals surface area contributed by atoms with Gasteiger partial charge < -0.3 is 16.9 Å². The van der Waals surface area contributed by atoms with E-state index in [2.05, 4.69) is 54.4 Å². The molecule has 0 saturated heterocycles. The Bertz CT molecular complexity index is 210. The number of rotatable bonds is 3. The van der Waals surface area contributed by atoms with Gasteiger partial charge in [-0.1, -0.05) is 0 Å². The van der Waals surface area contributed by atoms with Crippen molar-refractivity contribution in [2.24, 2.45) is 20.7 Å². The first-order valence-electron chi connectivity index (χ1n) is 3.78. The molecule has 0 saturated carbocycles. The van der Waals surface area contributed by atoms with Gasteiger partial charge in [-0.3, -0.25) is 0 Å². The molecule has 0 amide bonds. The van der Waals surface area contributed by atoms with Crippen LogP contribution >= 0.6 is 12.6 Å². The summed E-state index contributed by atoms with van der Waals surface area (Å²) in [4.78, 5) is -0.703. The molecule has 0 aromatic heterocycles. The number of quaternary nitrogens is 1. The fraction of sp³-hybridized carbons (Fsp3) is 1.00. The lowest BCUT2D eigenvalue weighted by Gasteiger charge is -2.25. The third kappa shape index (κ3) is 4.54. The van der Waals surface area contributed by atoms with Gasteiger partial charge >= 0.3 is 0 Å². The average molecular weight is 224 g/mol. The van der Waals surface area contributed by atoms with E-state index < -0.39 is 4.99 Å². The lowest BCUT2D eigenvalue weighted by atomic mass is 10.3. The van der Waals surface area contributed by atoms with Crippen molar-refractivity contribution < 1.29 is 16.9 Å². The minimum Gasteiger partial charge on any atom is -1.00 e. The van der Waals surface area contributed by atoms with Crippen LogP contribution in [-0.2, 0) is 0 Å². The highest BCUT2D eigenvalue weighted by atomic mass is 35.5. The molecule has 76 valence electrons. The van der Waals surface area contributed by atoms with Crippen LogP contribution in [0.2, 0.25) is 0 Å². The van der Waals surface area contributed by atoms with E-state index in [-0.39, 0.29) is 12.4 Å². The second-order valence-corrected chi connectivity index (χ2v) is 4.63. The summed E-state index contributed by atoms with van der Waals surface area (Å²) in [7, 11) is 6.33. The van der Waals surface area contributed by atoms with Crippen molar-refractivity contribution in [3.05, 3.63) is 0 Å². The Labute approximate surface area is 89.7 Å². The van der Waals surface area contributed by atoms with Crippen LogP contribution in [0, 0.1) is 0 Å². The fourth-order valence-corrected chi connectivity index (χ4v) is 0.969. The number of nitrogens with zero attached hydrogens (tertiary/aromatic N) is 5. The van der Waals surface area contributed by atoms with E-state index in [1.807, 2.05) is 0 Å². The van der Waals surface area contributed by atoms with E-state index in [1.54, 1.807) is 0 Å². The molecule has 0 aromatic carbocycles. The minimum atomic E-state index is -0.703. The molecule has 0 N–H and O–H groups in total. The summed E-state index contributed by atoms with van der Waals surface area (Å²) in [5.41, 5.74) is 0. The van der Waals surface area contributed by atoms with Gasteiger partial charge in [0.15, 0.2) is 0 Å². The maximum atomic E-state index is 4.26. The summed E-state index contributed by atoms with van der Waals surface area (Å²) in [5.74, 6) is 0. The topological polar surface area (TPSA) is 49.4 Å². The van der Waals surface area contributed by atoms with Crippen LogP contribution in [0.1, 0.15) is 6.42 Å². The van der Waals surface area contributed by atoms with E-state index in [0.717, 1.165) is 17.4 Å². The van der Waals surface area contributed by atoms with E-state index in [1.165, 1.54) is 0 Å². The standard InChI is InChI=1S/C6H13N5S.ClH/c1-11(2,3)5-4-6(12)7-9-10-8-6;/h4-5H2,1-3H3;1H. The zero-order valence-corrected chi connectivity index (χ0v) is 9.63. The fourth-order valence-electron chi connectivity index (χ4n) is 0.789. The van der Waals surface area contributed by atoms with E-state index in [4.69, 9.17) is 0 Å². The Kier molecular flexibility index (Phi) is 4.28. The first kappa shape index (κ1) is 12.8. The smallest absolute Gasteiger partial charge is 0.243 e. The van der Waals surface area contributed by atoms with Crippen LogP contribution in [0.5, 0.6) is 0 Å². The van der Waals surface area contributed by atoms with Crippen molar-refractivity contribution in [3.8, 4) is 0 Å². The van der Waals surface area contributed by atoms with Gasteiger partial charge in [0, 0.05) is 0 Å². The third-order valence-corrected chi connectivity index (χ3v) is 1.97. The van der Waals surface area contributed by atoms with Crippen LogP contribution in [0.4, 0.5) is 0 Å². The number of thiol groups is 1. The van der Waals surface area contributed by atoms with Crippen molar-refractivity contribution >= 4 is 12.6 Å².